The van der Waals surface area contributed by atoms with Crippen molar-refractivity contribution in [3.05, 3.63) is 41.2 Å². The molecule has 0 aliphatic carbocycles. The number of sulfonamides is 1. The number of benzene rings is 1. The van der Waals surface area contributed by atoms with Gasteiger partial charge in [0.05, 0.1) is 11.4 Å². The number of aromatic carboxylic acids is 1. The van der Waals surface area contributed by atoms with E-state index in [-0.39, 0.29) is 10.6 Å². The summed E-state index contributed by atoms with van der Waals surface area (Å²) in [4.78, 5) is 10.8. The molecule has 0 atom stereocenters. The van der Waals surface area contributed by atoms with Gasteiger partial charge in [0.1, 0.15) is 4.90 Å². The standard InChI is InChI=1S/C13H15N3O4S/c1-8-4-6-10(7-5-8)16(3)21(19,20)12-9(2)14-15-11(12)13(17)18/h4-7H,1-3H3,(H,14,15)(H,17,18). The Kier molecular flexibility index (Phi) is 3.73. The maximum absolute atomic E-state index is 12.6. The monoisotopic (exact) mass is 309 g/mol. The van der Waals surface area contributed by atoms with E-state index >= 15 is 0 Å². The van der Waals surface area contributed by atoms with Crippen LogP contribution in [0.3, 0.4) is 0 Å². The summed E-state index contributed by atoms with van der Waals surface area (Å²) in [6.45, 7) is 3.36. The topological polar surface area (TPSA) is 103 Å². The van der Waals surface area contributed by atoms with Gasteiger partial charge in [-0.05, 0) is 26.0 Å². The predicted octanol–water partition coefficient (Wildman–Crippen LogP) is 1.55. The first-order valence-corrected chi connectivity index (χ1v) is 7.53. The number of carboxylic acids is 1. The van der Waals surface area contributed by atoms with Gasteiger partial charge >= 0.3 is 5.97 Å². The minimum Gasteiger partial charge on any atom is -0.476 e. The second kappa shape index (κ2) is 5.21. The molecule has 0 fully saturated rings. The molecule has 0 radical (unpaired) electrons. The predicted molar refractivity (Wildman–Crippen MR) is 77.1 cm³/mol. The van der Waals surface area contributed by atoms with Gasteiger partial charge in [-0.3, -0.25) is 9.40 Å². The largest absolute Gasteiger partial charge is 0.476 e. The number of carbonyl (C=O) groups is 1. The molecule has 0 saturated carbocycles. The zero-order chi connectivity index (χ0) is 15.8. The quantitative estimate of drug-likeness (QED) is 0.892. The second-order valence-corrected chi connectivity index (χ2v) is 6.55. The minimum atomic E-state index is -4.01. The lowest BCUT2D eigenvalue weighted by molar-refractivity contribution is 0.0686. The third-order valence-corrected chi connectivity index (χ3v) is 5.06. The Morgan fingerprint density at radius 2 is 1.81 bits per heavy atom. The molecule has 2 rings (SSSR count). The van der Waals surface area contributed by atoms with Crippen LogP contribution in [-0.2, 0) is 10.0 Å². The lowest BCUT2D eigenvalue weighted by atomic mass is 10.2. The molecule has 0 unspecified atom stereocenters. The van der Waals surface area contributed by atoms with Gasteiger partial charge in [0.15, 0.2) is 5.69 Å². The zero-order valence-electron chi connectivity index (χ0n) is 11.8. The highest BCUT2D eigenvalue weighted by Crippen LogP contribution is 2.26. The van der Waals surface area contributed by atoms with Crippen LogP contribution in [0.4, 0.5) is 5.69 Å². The molecule has 21 heavy (non-hydrogen) atoms. The molecule has 1 aromatic heterocycles. The number of hydrogen-bond acceptors (Lipinski definition) is 4. The lowest BCUT2D eigenvalue weighted by Crippen LogP contribution is -2.28. The minimum absolute atomic E-state index is 0.186. The van der Waals surface area contributed by atoms with Crippen molar-refractivity contribution >= 4 is 21.7 Å². The van der Waals surface area contributed by atoms with Crippen molar-refractivity contribution in [3.63, 3.8) is 0 Å². The number of aromatic amines is 1. The number of H-pyrrole nitrogens is 1. The van der Waals surface area contributed by atoms with E-state index in [2.05, 4.69) is 10.2 Å². The average molecular weight is 309 g/mol. The summed E-state index contributed by atoms with van der Waals surface area (Å²) in [6, 6.07) is 6.87. The molecule has 1 heterocycles. The number of nitrogens with one attached hydrogen (secondary N) is 1. The van der Waals surface area contributed by atoms with Crippen LogP contribution in [-0.4, -0.2) is 36.7 Å². The number of hydrogen-bond donors (Lipinski definition) is 2. The van der Waals surface area contributed by atoms with Crippen LogP contribution < -0.4 is 4.31 Å². The zero-order valence-corrected chi connectivity index (χ0v) is 12.6. The maximum Gasteiger partial charge on any atom is 0.357 e. The van der Waals surface area contributed by atoms with Gasteiger partial charge in [0.25, 0.3) is 10.0 Å². The molecule has 0 aliphatic rings. The SMILES string of the molecule is Cc1ccc(N(C)S(=O)(=O)c2c(C(=O)O)n[nH]c2C)cc1. The Balaban J connectivity index is 2.54. The van der Waals surface area contributed by atoms with Crippen LogP contribution in [0.25, 0.3) is 0 Å². The van der Waals surface area contributed by atoms with Crippen molar-refractivity contribution in [2.45, 2.75) is 18.7 Å². The highest BCUT2D eigenvalue weighted by molar-refractivity contribution is 7.93. The Hall–Kier alpha value is -2.35. The number of nitrogens with zero attached hydrogens (tertiary/aromatic N) is 2. The summed E-state index contributed by atoms with van der Waals surface area (Å²) in [6.07, 6.45) is 0. The van der Waals surface area contributed by atoms with Crippen LogP contribution >= 0.6 is 0 Å². The molecular formula is C13H15N3O4S. The normalized spacial score (nSPS) is 11.4. The Morgan fingerprint density at radius 1 is 1.24 bits per heavy atom. The number of anilines is 1. The Labute approximate surface area is 122 Å². The van der Waals surface area contributed by atoms with Gasteiger partial charge in [-0.15, -0.1) is 0 Å². The summed E-state index contributed by atoms with van der Waals surface area (Å²) in [5.41, 5.74) is 1.12. The van der Waals surface area contributed by atoms with E-state index in [9.17, 15) is 13.2 Å². The molecule has 0 spiro atoms. The van der Waals surface area contributed by atoms with Crippen molar-refractivity contribution in [2.24, 2.45) is 0 Å². The van der Waals surface area contributed by atoms with Crippen LogP contribution in [0, 0.1) is 13.8 Å². The maximum atomic E-state index is 12.6. The summed E-state index contributed by atoms with van der Waals surface area (Å²) < 4.78 is 26.3. The van der Waals surface area contributed by atoms with Crippen LogP contribution in [0.15, 0.2) is 29.2 Å². The van der Waals surface area contributed by atoms with Crippen molar-refractivity contribution in [1.82, 2.24) is 10.2 Å². The second-order valence-electron chi connectivity index (χ2n) is 4.64. The highest BCUT2D eigenvalue weighted by Gasteiger charge is 2.31. The van der Waals surface area contributed by atoms with Gasteiger partial charge in [0.2, 0.25) is 0 Å². The summed E-state index contributed by atoms with van der Waals surface area (Å²) in [7, 11) is -2.64. The van der Waals surface area contributed by atoms with E-state index in [1.165, 1.54) is 14.0 Å². The van der Waals surface area contributed by atoms with Gasteiger partial charge in [-0.2, -0.15) is 5.10 Å². The smallest absolute Gasteiger partial charge is 0.357 e. The third kappa shape index (κ3) is 2.62. The first-order valence-electron chi connectivity index (χ1n) is 6.09. The van der Waals surface area contributed by atoms with Crippen molar-refractivity contribution in [1.29, 1.82) is 0 Å². The van der Waals surface area contributed by atoms with Gasteiger partial charge in [0, 0.05) is 7.05 Å². The molecule has 1 aromatic carbocycles. The molecule has 2 N–H and O–H groups in total. The van der Waals surface area contributed by atoms with Crippen LogP contribution in [0.1, 0.15) is 21.7 Å². The fourth-order valence-corrected chi connectivity index (χ4v) is 3.39. The van der Waals surface area contributed by atoms with E-state index in [1.807, 2.05) is 6.92 Å². The summed E-state index contributed by atoms with van der Waals surface area (Å²) in [5, 5.41) is 15.0. The van der Waals surface area contributed by atoms with Crippen LogP contribution in [0.2, 0.25) is 0 Å². The van der Waals surface area contributed by atoms with E-state index in [0.717, 1.165) is 9.87 Å². The fraction of sp³-hybridized carbons (Fsp3) is 0.231. The average Bonchev–Trinajstić information content (AvgIpc) is 2.81. The lowest BCUT2D eigenvalue weighted by Gasteiger charge is -2.19. The van der Waals surface area contributed by atoms with Gasteiger partial charge in [-0.1, -0.05) is 17.7 Å². The molecule has 0 saturated heterocycles. The molecule has 7 nitrogen and oxygen atoms in total. The highest BCUT2D eigenvalue weighted by atomic mass is 32.2. The number of aryl methyl sites for hydroxylation is 2. The number of rotatable bonds is 4. The first-order chi connectivity index (χ1) is 9.75. The summed E-state index contributed by atoms with van der Waals surface area (Å²) >= 11 is 0. The number of carboxylic acid groups (broad SMARTS) is 1. The Bertz CT molecular complexity index is 778. The molecule has 112 valence electrons. The van der Waals surface area contributed by atoms with Crippen molar-refractivity contribution in [2.75, 3.05) is 11.4 Å². The molecule has 2 aromatic rings. The number of aromatic nitrogens is 2. The van der Waals surface area contributed by atoms with E-state index < -0.39 is 21.7 Å². The van der Waals surface area contributed by atoms with Gasteiger partial charge < -0.3 is 5.11 Å². The molecule has 0 aliphatic heterocycles. The van der Waals surface area contributed by atoms with Crippen LogP contribution in [0.5, 0.6) is 0 Å². The third-order valence-electron chi connectivity index (χ3n) is 3.11. The molecular weight excluding hydrogens is 294 g/mol. The van der Waals surface area contributed by atoms with E-state index in [1.54, 1.807) is 24.3 Å². The summed E-state index contributed by atoms with van der Waals surface area (Å²) in [5.74, 6) is -1.39. The Morgan fingerprint density at radius 3 is 2.33 bits per heavy atom. The molecule has 0 amide bonds. The van der Waals surface area contributed by atoms with Crippen molar-refractivity contribution in [3.8, 4) is 0 Å². The first kappa shape index (κ1) is 15.0. The van der Waals surface area contributed by atoms with E-state index in [4.69, 9.17) is 5.11 Å². The molecule has 8 heteroatoms. The van der Waals surface area contributed by atoms with Gasteiger partial charge in [-0.25, -0.2) is 13.2 Å². The van der Waals surface area contributed by atoms with Crippen molar-refractivity contribution < 1.29 is 18.3 Å². The molecule has 0 bridgehead atoms. The fourth-order valence-electron chi connectivity index (χ4n) is 1.91. The van der Waals surface area contributed by atoms with E-state index in [0.29, 0.717) is 5.69 Å².